The minimum Gasteiger partial charge on any atom is -0.378 e. The van der Waals surface area contributed by atoms with Crippen molar-refractivity contribution in [3.05, 3.63) is 47.6 Å². The first-order valence-corrected chi connectivity index (χ1v) is 8.77. The number of rotatable bonds is 2. The number of hydrogen-bond acceptors (Lipinski definition) is 5. The molecule has 4 rings (SSSR count). The van der Waals surface area contributed by atoms with Crippen molar-refractivity contribution in [1.29, 1.82) is 0 Å². The quantitative estimate of drug-likeness (QED) is 0.742. The zero-order valence-electron chi connectivity index (χ0n) is 11.6. The third-order valence-corrected chi connectivity index (χ3v) is 6.06. The van der Waals surface area contributed by atoms with E-state index in [1.54, 1.807) is 12.4 Å². The topological polar surface area (TPSA) is 37.8 Å². The molecule has 3 nitrogen and oxygen atoms in total. The van der Waals surface area contributed by atoms with E-state index in [9.17, 15) is 0 Å². The van der Waals surface area contributed by atoms with Gasteiger partial charge in [0.1, 0.15) is 0 Å². The van der Waals surface area contributed by atoms with Crippen molar-refractivity contribution in [2.75, 3.05) is 5.32 Å². The number of thiophene rings is 1. The summed E-state index contributed by atoms with van der Waals surface area (Å²) in [7, 11) is 0. The summed E-state index contributed by atoms with van der Waals surface area (Å²) in [5, 5.41) is 6.51. The lowest BCUT2D eigenvalue weighted by Gasteiger charge is -2.28. The molecule has 2 atom stereocenters. The predicted octanol–water partition coefficient (Wildman–Crippen LogP) is 4.73. The van der Waals surface area contributed by atoms with Crippen LogP contribution >= 0.6 is 23.1 Å². The lowest BCUT2D eigenvalue weighted by Crippen LogP contribution is -2.18. The summed E-state index contributed by atoms with van der Waals surface area (Å²) in [6.45, 7) is 2.30. The monoisotopic (exact) mass is 313 g/mol. The Morgan fingerprint density at radius 3 is 2.90 bits per heavy atom. The number of nitrogens with zero attached hydrogens (tertiary/aromatic N) is 2. The molecular weight excluding hydrogens is 298 g/mol. The molecule has 2 aromatic heterocycles. The summed E-state index contributed by atoms with van der Waals surface area (Å²) in [5.74, 6) is 0. The molecule has 0 radical (unpaired) electrons. The summed E-state index contributed by atoms with van der Waals surface area (Å²) < 4.78 is 1.45. The van der Waals surface area contributed by atoms with Gasteiger partial charge in [-0.2, -0.15) is 0 Å². The van der Waals surface area contributed by atoms with Crippen LogP contribution < -0.4 is 5.32 Å². The Morgan fingerprint density at radius 2 is 2.00 bits per heavy atom. The molecule has 0 saturated carbocycles. The number of benzene rings is 1. The largest absolute Gasteiger partial charge is 0.378 e. The molecule has 0 aliphatic carbocycles. The van der Waals surface area contributed by atoms with Crippen LogP contribution in [0.3, 0.4) is 0 Å². The molecule has 1 unspecified atom stereocenters. The van der Waals surface area contributed by atoms with E-state index in [0.717, 1.165) is 23.1 Å². The summed E-state index contributed by atoms with van der Waals surface area (Å²) in [4.78, 5) is 8.70. The normalized spacial score (nSPS) is 21.2. The SMILES string of the molecule is C[C@H]1CC(Nc2ccc3nccnc3c2)c2ccsc2S1. The average Bonchev–Trinajstić information content (AvgIpc) is 2.95. The van der Waals surface area contributed by atoms with Crippen LogP contribution in [0.4, 0.5) is 5.69 Å². The molecule has 0 saturated heterocycles. The molecule has 21 heavy (non-hydrogen) atoms. The van der Waals surface area contributed by atoms with Gasteiger partial charge in [-0.25, -0.2) is 0 Å². The van der Waals surface area contributed by atoms with Crippen LogP contribution in [0, 0.1) is 0 Å². The van der Waals surface area contributed by atoms with Crippen molar-refractivity contribution < 1.29 is 0 Å². The lowest BCUT2D eigenvalue weighted by molar-refractivity contribution is 0.670. The second-order valence-corrected chi connectivity index (χ2v) is 7.91. The molecule has 1 N–H and O–H groups in total. The van der Waals surface area contributed by atoms with E-state index in [4.69, 9.17) is 0 Å². The van der Waals surface area contributed by atoms with Crippen molar-refractivity contribution in [1.82, 2.24) is 9.97 Å². The Balaban J connectivity index is 1.66. The summed E-state index contributed by atoms with van der Waals surface area (Å²) in [5.41, 5.74) is 4.42. The molecule has 0 bridgehead atoms. The number of thioether (sulfide) groups is 1. The van der Waals surface area contributed by atoms with Gasteiger partial charge in [-0.15, -0.1) is 23.1 Å². The fourth-order valence-electron chi connectivity index (χ4n) is 2.74. The second kappa shape index (κ2) is 5.31. The van der Waals surface area contributed by atoms with Crippen molar-refractivity contribution in [3.63, 3.8) is 0 Å². The summed E-state index contributed by atoms with van der Waals surface area (Å²) in [6, 6.07) is 8.84. The van der Waals surface area contributed by atoms with Gasteiger partial charge in [-0.1, -0.05) is 6.92 Å². The van der Waals surface area contributed by atoms with E-state index in [1.807, 2.05) is 29.2 Å². The first-order chi connectivity index (χ1) is 10.3. The van der Waals surface area contributed by atoms with Crippen molar-refractivity contribution >= 4 is 39.8 Å². The molecule has 1 aliphatic rings. The molecule has 0 spiro atoms. The first-order valence-electron chi connectivity index (χ1n) is 7.01. The standard InChI is InChI=1S/C16H15N3S2/c1-10-8-14(12-4-7-20-16(12)21-10)19-11-2-3-13-15(9-11)18-6-5-17-13/h2-7,9-10,14,19H,8H2,1H3/t10-,14?/m0/s1. The fourth-order valence-corrected chi connectivity index (χ4v) is 5.31. The van der Waals surface area contributed by atoms with Crippen LogP contribution in [-0.2, 0) is 0 Å². The first kappa shape index (κ1) is 13.1. The second-order valence-electron chi connectivity index (χ2n) is 5.28. The smallest absolute Gasteiger partial charge is 0.0907 e. The Morgan fingerprint density at radius 1 is 1.14 bits per heavy atom. The summed E-state index contributed by atoms with van der Waals surface area (Å²) in [6.07, 6.45) is 4.61. The highest BCUT2D eigenvalue weighted by Crippen LogP contribution is 2.44. The van der Waals surface area contributed by atoms with E-state index in [1.165, 1.54) is 9.77 Å². The van der Waals surface area contributed by atoms with Gasteiger partial charge in [0.15, 0.2) is 0 Å². The van der Waals surface area contributed by atoms with E-state index in [2.05, 4.69) is 45.8 Å². The van der Waals surface area contributed by atoms with Gasteiger partial charge in [-0.3, -0.25) is 9.97 Å². The molecule has 1 aliphatic heterocycles. The van der Waals surface area contributed by atoms with Crippen LogP contribution in [0.2, 0.25) is 0 Å². The lowest BCUT2D eigenvalue weighted by atomic mass is 10.0. The number of nitrogens with one attached hydrogen (secondary N) is 1. The van der Waals surface area contributed by atoms with Gasteiger partial charge in [0.2, 0.25) is 0 Å². The molecule has 106 valence electrons. The number of hydrogen-bond donors (Lipinski definition) is 1. The Labute approximate surface area is 131 Å². The average molecular weight is 313 g/mol. The van der Waals surface area contributed by atoms with E-state index in [0.29, 0.717) is 11.3 Å². The molecule has 0 amide bonds. The molecule has 3 heterocycles. The maximum atomic E-state index is 4.38. The van der Waals surface area contributed by atoms with Gasteiger partial charge >= 0.3 is 0 Å². The van der Waals surface area contributed by atoms with Crippen LogP contribution in [-0.4, -0.2) is 15.2 Å². The highest BCUT2D eigenvalue weighted by Gasteiger charge is 2.26. The number of anilines is 1. The predicted molar refractivity (Wildman–Crippen MR) is 90.2 cm³/mol. The van der Waals surface area contributed by atoms with Crippen LogP contribution in [0.1, 0.15) is 24.9 Å². The Kier molecular flexibility index (Phi) is 3.31. The van der Waals surface area contributed by atoms with Gasteiger partial charge < -0.3 is 5.32 Å². The van der Waals surface area contributed by atoms with Gasteiger partial charge in [-0.05, 0) is 41.6 Å². The minimum absolute atomic E-state index is 0.386. The molecular formula is C16H15N3S2. The van der Waals surface area contributed by atoms with Gasteiger partial charge in [0.25, 0.3) is 0 Å². The van der Waals surface area contributed by atoms with E-state index >= 15 is 0 Å². The molecule has 5 heteroatoms. The molecule has 1 aromatic carbocycles. The Bertz CT molecular complexity index is 784. The highest BCUT2D eigenvalue weighted by molar-refractivity contribution is 8.01. The van der Waals surface area contributed by atoms with Crippen molar-refractivity contribution in [2.24, 2.45) is 0 Å². The third kappa shape index (κ3) is 2.51. The Hall–Kier alpha value is -1.59. The maximum absolute atomic E-state index is 4.38. The van der Waals surface area contributed by atoms with Gasteiger partial charge in [0.05, 0.1) is 21.3 Å². The molecule has 0 fully saturated rings. The van der Waals surface area contributed by atoms with Crippen molar-refractivity contribution in [2.45, 2.75) is 28.8 Å². The third-order valence-electron chi connectivity index (χ3n) is 3.72. The maximum Gasteiger partial charge on any atom is 0.0907 e. The zero-order chi connectivity index (χ0) is 14.2. The van der Waals surface area contributed by atoms with Crippen molar-refractivity contribution in [3.8, 4) is 0 Å². The zero-order valence-corrected chi connectivity index (χ0v) is 13.2. The van der Waals surface area contributed by atoms with Crippen LogP contribution in [0.25, 0.3) is 11.0 Å². The minimum atomic E-state index is 0.386. The number of aromatic nitrogens is 2. The molecule has 3 aromatic rings. The van der Waals surface area contributed by atoms with Crippen LogP contribution in [0.5, 0.6) is 0 Å². The van der Waals surface area contributed by atoms with Gasteiger partial charge in [0, 0.05) is 23.3 Å². The van der Waals surface area contributed by atoms with E-state index < -0.39 is 0 Å². The van der Waals surface area contributed by atoms with E-state index in [-0.39, 0.29) is 0 Å². The number of fused-ring (bicyclic) bond motifs is 2. The fraction of sp³-hybridized carbons (Fsp3) is 0.250. The highest BCUT2D eigenvalue weighted by atomic mass is 32.2. The van der Waals surface area contributed by atoms with Crippen LogP contribution in [0.15, 0.2) is 46.2 Å². The summed E-state index contributed by atoms with van der Waals surface area (Å²) >= 11 is 3.84.